The molecule has 1 N–H and O–H groups in total. The average Bonchev–Trinajstić information content (AvgIpc) is 2.94. The number of rotatable bonds is 6. The molecule has 0 aliphatic carbocycles. The lowest BCUT2D eigenvalue weighted by atomic mass is 10.1. The Morgan fingerprint density at radius 3 is 2.50 bits per heavy atom. The van der Waals surface area contributed by atoms with Gasteiger partial charge in [-0.3, -0.25) is 0 Å². The van der Waals surface area contributed by atoms with Gasteiger partial charge in [-0.15, -0.1) is 0 Å². The van der Waals surface area contributed by atoms with E-state index in [9.17, 15) is 13.5 Å². The number of aliphatic hydroxyl groups is 1. The Balaban J connectivity index is 2.16. The van der Waals surface area contributed by atoms with E-state index in [1.165, 1.54) is 6.92 Å². The van der Waals surface area contributed by atoms with Crippen molar-refractivity contribution in [2.45, 2.75) is 38.0 Å². The minimum Gasteiger partial charge on any atom is -0.390 e. The summed E-state index contributed by atoms with van der Waals surface area (Å²) in [6.07, 6.45) is 0.152. The van der Waals surface area contributed by atoms with Gasteiger partial charge >= 0.3 is 0 Å². The van der Waals surface area contributed by atoms with Crippen LogP contribution >= 0.6 is 0 Å². The monoisotopic (exact) mass is 324 g/mol. The summed E-state index contributed by atoms with van der Waals surface area (Å²) < 4.78 is 29.7. The van der Waals surface area contributed by atoms with Crippen LogP contribution in [0.3, 0.4) is 0 Å². The highest BCUT2D eigenvalue weighted by molar-refractivity contribution is 7.91. The molecule has 22 heavy (non-hydrogen) atoms. The first-order valence-electron chi connectivity index (χ1n) is 7.02. The highest BCUT2D eigenvalue weighted by atomic mass is 32.2. The molecule has 0 saturated heterocycles. The third-order valence-electron chi connectivity index (χ3n) is 3.36. The van der Waals surface area contributed by atoms with Crippen LogP contribution in [-0.2, 0) is 9.84 Å². The zero-order valence-corrected chi connectivity index (χ0v) is 13.7. The van der Waals surface area contributed by atoms with Crippen molar-refractivity contribution in [2.75, 3.05) is 5.75 Å². The van der Waals surface area contributed by atoms with Gasteiger partial charge in [0.2, 0.25) is 11.7 Å². The Morgan fingerprint density at radius 2 is 1.91 bits per heavy atom. The van der Waals surface area contributed by atoms with Gasteiger partial charge in [-0.2, -0.15) is 4.98 Å². The number of sulfone groups is 1. The zero-order chi connectivity index (χ0) is 16.4. The lowest BCUT2D eigenvalue weighted by molar-refractivity contribution is 0.0771. The molecule has 6 nitrogen and oxygen atoms in total. The van der Waals surface area contributed by atoms with Gasteiger partial charge in [0.05, 0.1) is 11.4 Å². The summed E-state index contributed by atoms with van der Waals surface area (Å²) in [6.45, 7) is 4.67. The summed E-state index contributed by atoms with van der Waals surface area (Å²) in [5.74, 6) is 0.288. The Kier molecular flexibility index (Phi) is 4.67. The van der Waals surface area contributed by atoms with Gasteiger partial charge in [0.1, 0.15) is 5.25 Å². The summed E-state index contributed by atoms with van der Waals surface area (Å²) in [5, 5.41) is 12.6. The van der Waals surface area contributed by atoms with Crippen molar-refractivity contribution >= 4 is 9.84 Å². The highest BCUT2D eigenvalue weighted by Gasteiger charge is 2.30. The van der Waals surface area contributed by atoms with Gasteiger partial charge in [0.15, 0.2) is 9.84 Å². The largest absolute Gasteiger partial charge is 0.390 e. The van der Waals surface area contributed by atoms with Crippen LogP contribution in [0.25, 0.3) is 11.4 Å². The third kappa shape index (κ3) is 4.14. The maximum absolute atomic E-state index is 12.3. The van der Waals surface area contributed by atoms with Crippen molar-refractivity contribution in [3.05, 3.63) is 36.2 Å². The quantitative estimate of drug-likeness (QED) is 0.877. The molecule has 0 aliphatic heterocycles. The molecule has 1 unspecified atom stereocenters. The van der Waals surface area contributed by atoms with Crippen molar-refractivity contribution in [2.24, 2.45) is 0 Å². The van der Waals surface area contributed by atoms with E-state index >= 15 is 0 Å². The van der Waals surface area contributed by atoms with E-state index in [1.807, 2.05) is 30.3 Å². The smallest absolute Gasteiger partial charge is 0.245 e. The second-order valence-electron chi connectivity index (χ2n) is 5.89. The van der Waals surface area contributed by atoms with E-state index < -0.39 is 20.7 Å². The minimum atomic E-state index is -3.47. The first kappa shape index (κ1) is 16.6. The van der Waals surface area contributed by atoms with Crippen molar-refractivity contribution in [1.82, 2.24) is 10.1 Å². The van der Waals surface area contributed by atoms with Gasteiger partial charge in [-0.05, 0) is 27.2 Å². The Morgan fingerprint density at radius 1 is 1.27 bits per heavy atom. The molecule has 1 aromatic heterocycles. The fourth-order valence-electron chi connectivity index (χ4n) is 1.83. The molecule has 0 fully saturated rings. The van der Waals surface area contributed by atoms with Gasteiger partial charge in [-0.1, -0.05) is 35.5 Å². The fraction of sp³-hybridized carbons (Fsp3) is 0.467. The molecule has 2 rings (SSSR count). The second kappa shape index (κ2) is 6.18. The number of hydrogen-bond donors (Lipinski definition) is 1. The van der Waals surface area contributed by atoms with Crippen molar-refractivity contribution < 1.29 is 18.0 Å². The summed E-state index contributed by atoms with van der Waals surface area (Å²) in [5.41, 5.74) is -0.268. The number of nitrogens with zero attached hydrogens (tertiary/aromatic N) is 2. The molecule has 2 aromatic rings. The minimum absolute atomic E-state index is 0.0644. The molecule has 0 spiro atoms. The lowest BCUT2D eigenvalue weighted by Crippen LogP contribution is -2.25. The normalized spacial score (nSPS) is 14.0. The second-order valence-corrected chi connectivity index (χ2v) is 8.33. The van der Waals surface area contributed by atoms with Crippen LogP contribution in [0, 0.1) is 0 Å². The van der Waals surface area contributed by atoms with Gasteiger partial charge in [-0.25, -0.2) is 8.42 Å². The molecule has 0 aliphatic rings. The number of aromatic nitrogens is 2. The van der Waals surface area contributed by atoms with Crippen LogP contribution in [0.15, 0.2) is 34.9 Å². The molecule has 0 amide bonds. The fourth-order valence-corrected chi connectivity index (χ4v) is 3.37. The van der Waals surface area contributed by atoms with E-state index in [0.717, 1.165) is 5.56 Å². The Labute approximate surface area is 130 Å². The third-order valence-corrected chi connectivity index (χ3v) is 5.41. The first-order chi connectivity index (χ1) is 10.2. The standard InChI is InChI=1S/C15H20N2O4S/c1-11(22(19,20)10-9-15(2,3)18)14-16-13(17-21-14)12-7-5-4-6-8-12/h4-8,11,18H,9-10H2,1-3H3. The molecule has 0 saturated carbocycles. The summed E-state index contributed by atoms with van der Waals surface area (Å²) >= 11 is 0. The van der Waals surface area contributed by atoms with Crippen LogP contribution in [0.1, 0.15) is 38.3 Å². The molecular weight excluding hydrogens is 304 g/mol. The van der Waals surface area contributed by atoms with E-state index in [0.29, 0.717) is 5.82 Å². The van der Waals surface area contributed by atoms with Crippen LogP contribution in [0.2, 0.25) is 0 Å². The topological polar surface area (TPSA) is 93.3 Å². The van der Waals surface area contributed by atoms with E-state index in [4.69, 9.17) is 4.52 Å². The highest BCUT2D eigenvalue weighted by Crippen LogP contribution is 2.25. The maximum atomic E-state index is 12.3. The molecule has 120 valence electrons. The average molecular weight is 324 g/mol. The predicted octanol–water partition coefficient (Wildman–Crippen LogP) is 2.37. The van der Waals surface area contributed by atoms with Crippen molar-refractivity contribution in [3.8, 4) is 11.4 Å². The molecular formula is C15H20N2O4S. The molecule has 1 heterocycles. The molecule has 0 bridgehead atoms. The van der Waals surface area contributed by atoms with Crippen LogP contribution in [0.4, 0.5) is 0 Å². The van der Waals surface area contributed by atoms with Gasteiger partial charge < -0.3 is 9.63 Å². The number of hydrogen-bond acceptors (Lipinski definition) is 6. The van der Waals surface area contributed by atoms with Crippen molar-refractivity contribution in [1.29, 1.82) is 0 Å². The van der Waals surface area contributed by atoms with Crippen LogP contribution < -0.4 is 0 Å². The van der Waals surface area contributed by atoms with E-state index in [-0.39, 0.29) is 18.1 Å². The summed E-state index contributed by atoms with van der Waals surface area (Å²) in [4.78, 5) is 4.17. The predicted molar refractivity (Wildman–Crippen MR) is 82.9 cm³/mol. The van der Waals surface area contributed by atoms with Crippen LogP contribution in [-0.4, -0.2) is 35.0 Å². The molecule has 7 heteroatoms. The first-order valence-corrected chi connectivity index (χ1v) is 8.73. The SMILES string of the molecule is CC(c1nc(-c2ccccc2)no1)S(=O)(=O)CCC(C)(C)O. The van der Waals surface area contributed by atoms with E-state index in [2.05, 4.69) is 10.1 Å². The molecule has 1 aromatic carbocycles. The van der Waals surface area contributed by atoms with E-state index in [1.54, 1.807) is 13.8 Å². The zero-order valence-electron chi connectivity index (χ0n) is 12.9. The van der Waals surface area contributed by atoms with Gasteiger partial charge in [0.25, 0.3) is 0 Å². The maximum Gasteiger partial charge on any atom is 0.245 e. The molecule has 0 radical (unpaired) electrons. The lowest BCUT2D eigenvalue weighted by Gasteiger charge is -2.17. The summed E-state index contributed by atoms with van der Waals surface area (Å²) in [7, 11) is -3.47. The number of benzene rings is 1. The Bertz CT molecular complexity index is 718. The van der Waals surface area contributed by atoms with Crippen molar-refractivity contribution in [3.63, 3.8) is 0 Å². The van der Waals surface area contributed by atoms with Crippen LogP contribution in [0.5, 0.6) is 0 Å². The Hall–Kier alpha value is -1.73. The molecule has 1 atom stereocenters. The van der Waals surface area contributed by atoms with Gasteiger partial charge in [0, 0.05) is 5.56 Å². The summed E-state index contributed by atoms with van der Waals surface area (Å²) in [6, 6.07) is 9.20.